The molecule has 4 atom stereocenters. The molecule has 1 fully saturated rings. The molecule has 0 saturated carbocycles. The van der Waals surface area contributed by atoms with Crippen LogP contribution in [0.4, 0.5) is 5.82 Å². The first kappa shape index (κ1) is 23.8. The number of carbonyl (C=O) groups is 1. The van der Waals surface area contributed by atoms with Crippen molar-refractivity contribution in [2.75, 3.05) is 18.5 Å². The number of hydrogen-bond acceptors (Lipinski definition) is 11. The van der Waals surface area contributed by atoms with Crippen LogP contribution in [0.25, 0.3) is 22.7 Å². The minimum absolute atomic E-state index is 0.132. The lowest BCUT2D eigenvalue weighted by molar-refractivity contribution is -0.0511. The number of anilines is 1. The third kappa shape index (κ3) is 4.28. The molecule has 13 heteroatoms. The maximum absolute atomic E-state index is 12.5. The number of ether oxygens (including phenoxy) is 2. The van der Waals surface area contributed by atoms with Crippen LogP contribution < -0.4 is 5.32 Å². The van der Waals surface area contributed by atoms with Gasteiger partial charge in [0.2, 0.25) is 0 Å². The van der Waals surface area contributed by atoms with Crippen LogP contribution in [0.2, 0.25) is 0 Å². The second-order valence-corrected chi connectivity index (χ2v) is 8.17. The summed E-state index contributed by atoms with van der Waals surface area (Å²) in [7, 11) is 0. The van der Waals surface area contributed by atoms with Crippen LogP contribution in [0, 0.1) is 0 Å². The zero-order chi connectivity index (χ0) is 25.2. The summed E-state index contributed by atoms with van der Waals surface area (Å²) in [6.07, 6.45) is -1.91. The molecular formula is C23H25N7O6. The molecule has 1 aliphatic rings. The summed E-state index contributed by atoms with van der Waals surface area (Å²) in [5.41, 5.74) is 2.05. The van der Waals surface area contributed by atoms with Crippen LogP contribution in [0.1, 0.15) is 29.1 Å². The Morgan fingerprint density at radius 3 is 2.75 bits per heavy atom. The molecule has 0 spiro atoms. The normalized spacial score (nSPS) is 21.7. The number of aliphatic hydroxyl groups excluding tert-OH is 3. The lowest BCUT2D eigenvalue weighted by atomic mass is 10.1. The van der Waals surface area contributed by atoms with Gasteiger partial charge in [-0.25, -0.2) is 19.7 Å². The number of carbonyl (C=O) groups excluding carboxylic acids is 1. The molecule has 0 amide bonds. The van der Waals surface area contributed by atoms with Crippen molar-refractivity contribution in [3.63, 3.8) is 0 Å². The first-order chi connectivity index (χ1) is 17.5. The summed E-state index contributed by atoms with van der Waals surface area (Å²) in [6, 6.07) is 9.67. The fraction of sp³-hybridized carbons (Fsp3) is 0.348. The molecule has 188 valence electrons. The Morgan fingerprint density at radius 1 is 1.22 bits per heavy atom. The smallest absolute Gasteiger partial charge is 0.342 e. The van der Waals surface area contributed by atoms with Gasteiger partial charge >= 0.3 is 5.97 Å². The van der Waals surface area contributed by atoms with E-state index in [0.717, 1.165) is 5.56 Å². The summed E-state index contributed by atoms with van der Waals surface area (Å²) in [6.45, 7) is 1.85. The molecule has 0 radical (unpaired) electrons. The monoisotopic (exact) mass is 495 g/mol. The molecule has 0 bridgehead atoms. The summed E-state index contributed by atoms with van der Waals surface area (Å²) in [4.78, 5) is 26.1. The molecule has 4 aromatic rings. The van der Waals surface area contributed by atoms with Gasteiger partial charge in [0.05, 0.1) is 25.7 Å². The van der Waals surface area contributed by atoms with Crippen LogP contribution in [-0.4, -0.2) is 82.5 Å². The first-order valence-electron chi connectivity index (χ1n) is 11.4. The maximum Gasteiger partial charge on any atom is 0.342 e. The molecule has 1 aromatic carbocycles. The molecule has 0 unspecified atom stereocenters. The minimum atomic E-state index is -1.33. The van der Waals surface area contributed by atoms with E-state index in [1.807, 2.05) is 30.3 Å². The van der Waals surface area contributed by atoms with Gasteiger partial charge in [-0.3, -0.25) is 9.67 Å². The third-order valence-corrected chi connectivity index (χ3v) is 5.87. The van der Waals surface area contributed by atoms with Crippen LogP contribution in [-0.2, 0) is 16.0 Å². The number of H-pyrrole nitrogens is 1. The Kier molecular flexibility index (Phi) is 6.61. The number of imidazole rings is 1. The van der Waals surface area contributed by atoms with Gasteiger partial charge in [-0.05, 0) is 12.5 Å². The number of fused-ring (bicyclic) bond motifs is 1. The average Bonchev–Trinajstić information content (AvgIpc) is 3.61. The van der Waals surface area contributed by atoms with E-state index >= 15 is 0 Å². The van der Waals surface area contributed by atoms with Gasteiger partial charge in [-0.2, -0.15) is 5.10 Å². The minimum Gasteiger partial charge on any atom is -0.462 e. The quantitative estimate of drug-likeness (QED) is 0.216. The van der Waals surface area contributed by atoms with Crippen molar-refractivity contribution in [3.05, 3.63) is 54.0 Å². The Balaban J connectivity index is 1.60. The molecule has 36 heavy (non-hydrogen) atoms. The summed E-state index contributed by atoms with van der Waals surface area (Å²) in [5.74, 6) is -0.0819. The van der Waals surface area contributed by atoms with Gasteiger partial charge in [0, 0.05) is 6.54 Å². The number of aliphatic hydroxyl groups is 3. The fourth-order valence-electron chi connectivity index (χ4n) is 4.05. The Morgan fingerprint density at radius 2 is 2.03 bits per heavy atom. The van der Waals surface area contributed by atoms with Gasteiger partial charge in [0.15, 0.2) is 29.0 Å². The van der Waals surface area contributed by atoms with E-state index in [0.29, 0.717) is 17.9 Å². The Labute approximate surface area is 204 Å². The average molecular weight is 495 g/mol. The molecule has 4 heterocycles. The van der Waals surface area contributed by atoms with Crippen LogP contribution in [0.15, 0.2) is 42.9 Å². The zero-order valence-corrected chi connectivity index (χ0v) is 19.3. The highest BCUT2D eigenvalue weighted by molar-refractivity contribution is 5.96. The van der Waals surface area contributed by atoms with Gasteiger partial charge < -0.3 is 30.1 Å². The molecule has 5 N–H and O–H groups in total. The third-order valence-electron chi connectivity index (χ3n) is 5.87. The van der Waals surface area contributed by atoms with Crippen molar-refractivity contribution in [2.45, 2.75) is 38.0 Å². The molecular weight excluding hydrogens is 470 g/mol. The van der Waals surface area contributed by atoms with E-state index in [2.05, 4.69) is 30.5 Å². The maximum atomic E-state index is 12.5. The van der Waals surface area contributed by atoms with E-state index in [1.54, 1.807) is 6.92 Å². The van der Waals surface area contributed by atoms with Gasteiger partial charge in [0.25, 0.3) is 0 Å². The van der Waals surface area contributed by atoms with Gasteiger partial charge in [-0.15, -0.1) is 0 Å². The lowest BCUT2D eigenvalue weighted by Gasteiger charge is -2.17. The summed E-state index contributed by atoms with van der Waals surface area (Å²) >= 11 is 0. The molecule has 13 nitrogen and oxygen atoms in total. The van der Waals surface area contributed by atoms with E-state index in [1.165, 1.54) is 17.1 Å². The highest BCUT2D eigenvalue weighted by Crippen LogP contribution is 2.33. The summed E-state index contributed by atoms with van der Waals surface area (Å²) in [5, 5.41) is 40.3. The van der Waals surface area contributed by atoms with Crippen LogP contribution in [0.3, 0.4) is 0 Å². The molecule has 0 aliphatic carbocycles. The SMILES string of the molecule is CCOC(=O)c1cn[nH]c1-c1nc(NCc2ccccc2)c2ncn([C@@H]3O[C@H](CO)[C@@H](O)[C@H]3O)c2n1. The second-order valence-electron chi connectivity index (χ2n) is 8.17. The number of nitrogens with zero attached hydrogens (tertiary/aromatic N) is 5. The van der Waals surface area contributed by atoms with E-state index in [-0.39, 0.29) is 29.3 Å². The number of aromatic amines is 1. The number of aromatic nitrogens is 6. The van der Waals surface area contributed by atoms with Crippen molar-refractivity contribution in [1.29, 1.82) is 0 Å². The zero-order valence-electron chi connectivity index (χ0n) is 19.3. The molecule has 1 saturated heterocycles. The molecule has 3 aromatic heterocycles. The Bertz CT molecular complexity index is 1360. The topological polar surface area (TPSA) is 181 Å². The second kappa shape index (κ2) is 9.99. The summed E-state index contributed by atoms with van der Waals surface area (Å²) < 4.78 is 12.3. The van der Waals surface area contributed by atoms with Crippen molar-refractivity contribution >= 4 is 23.0 Å². The standard InChI is InChI=1S/C23H25N7O6/c1-2-35-23(34)13-9-26-29-15(13)20-27-19(24-8-12-6-4-3-5-7-12)16-21(28-20)30(11-25-16)22-18(33)17(32)14(10-31)36-22/h3-7,9,11,14,17-18,22,31-33H,2,8,10H2,1H3,(H,26,29)(H,24,27,28)/t14-,17-,18-,22-/m1/s1. The van der Waals surface area contributed by atoms with Crippen LogP contribution >= 0.6 is 0 Å². The van der Waals surface area contributed by atoms with Gasteiger partial charge in [-0.1, -0.05) is 30.3 Å². The highest BCUT2D eigenvalue weighted by Gasteiger charge is 2.44. The number of hydrogen-bond donors (Lipinski definition) is 5. The number of nitrogens with one attached hydrogen (secondary N) is 2. The number of benzene rings is 1. The van der Waals surface area contributed by atoms with Crippen molar-refractivity contribution < 1.29 is 29.6 Å². The van der Waals surface area contributed by atoms with Crippen molar-refractivity contribution in [3.8, 4) is 11.5 Å². The van der Waals surface area contributed by atoms with Crippen LogP contribution in [0.5, 0.6) is 0 Å². The fourth-order valence-corrected chi connectivity index (χ4v) is 4.05. The lowest BCUT2D eigenvalue weighted by Crippen LogP contribution is -2.33. The number of rotatable bonds is 8. The van der Waals surface area contributed by atoms with Crippen molar-refractivity contribution in [2.24, 2.45) is 0 Å². The van der Waals surface area contributed by atoms with E-state index in [9.17, 15) is 20.1 Å². The van der Waals surface area contributed by atoms with E-state index < -0.39 is 37.1 Å². The predicted octanol–water partition coefficient (Wildman–Crippen LogP) is 0.617. The molecule has 1 aliphatic heterocycles. The van der Waals surface area contributed by atoms with Gasteiger partial charge in [0.1, 0.15) is 29.6 Å². The predicted molar refractivity (Wildman–Crippen MR) is 126 cm³/mol. The van der Waals surface area contributed by atoms with E-state index in [4.69, 9.17) is 9.47 Å². The van der Waals surface area contributed by atoms with Crippen molar-refractivity contribution in [1.82, 2.24) is 29.7 Å². The number of esters is 1. The Hall–Kier alpha value is -3.91. The largest absolute Gasteiger partial charge is 0.462 e. The molecule has 5 rings (SSSR count). The first-order valence-corrected chi connectivity index (χ1v) is 11.4. The highest BCUT2D eigenvalue weighted by atomic mass is 16.6.